The lowest BCUT2D eigenvalue weighted by Gasteiger charge is -2.18. The molecule has 2 aromatic heterocycles. The highest BCUT2D eigenvalue weighted by atomic mass is 32.1. The van der Waals surface area contributed by atoms with Crippen molar-refractivity contribution < 1.29 is 18.7 Å². The van der Waals surface area contributed by atoms with Crippen LogP contribution >= 0.6 is 11.3 Å². The van der Waals surface area contributed by atoms with Crippen LogP contribution < -0.4 is 14.8 Å². The molecule has 0 aliphatic rings. The topological polar surface area (TPSA) is 73.6 Å². The van der Waals surface area contributed by atoms with E-state index in [-0.39, 0.29) is 11.9 Å². The minimum absolute atomic E-state index is 0.242. The Bertz CT molecular complexity index is 902. The largest absolute Gasteiger partial charge is 0.497 e. The van der Waals surface area contributed by atoms with E-state index in [2.05, 4.69) is 10.3 Å². The number of furan rings is 1. The standard InChI is InChI=1S/C19H20N2O4S/c1-11(14-10-13(23-3)7-8-15(14)24-4)20-18(22)17-12(2)26-19(21-17)16-6-5-9-25-16/h5-11H,1-4H3,(H,20,22). The average molecular weight is 372 g/mol. The molecular formula is C19H20N2O4S. The maximum Gasteiger partial charge on any atom is 0.271 e. The number of ether oxygens (including phenoxy) is 2. The fourth-order valence-corrected chi connectivity index (χ4v) is 3.51. The Morgan fingerprint density at radius 2 is 2.08 bits per heavy atom. The molecule has 1 aromatic carbocycles. The van der Waals surface area contributed by atoms with Gasteiger partial charge in [-0.2, -0.15) is 0 Å². The molecule has 0 saturated carbocycles. The number of carbonyl (C=O) groups excluding carboxylic acids is 1. The normalized spacial score (nSPS) is 11.8. The first-order chi connectivity index (χ1) is 12.5. The number of methoxy groups -OCH3 is 2. The Balaban J connectivity index is 1.82. The Morgan fingerprint density at radius 3 is 2.73 bits per heavy atom. The molecule has 0 spiro atoms. The first-order valence-electron chi connectivity index (χ1n) is 8.07. The van der Waals surface area contributed by atoms with Gasteiger partial charge >= 0.3 is 0 Å². The summed E-state index contributed by atoms with van der Waals surface area (Å²) in [5, 5.41) is 3.66. The molecule has 0 aliphatic carbocycles. The number of rotatable bonds is 6. The molecule has 0 saturated heterocycles. The van der Waals surface area contributed by atoms with Gasteiger partial charge < -0.3 is 19.2 Å². The average Bonchev–Trinajstić information content (AvgIpc) is 3.30. The van der Waals surface area contributed by atoms with E-state index >= 15 is 0 Å². The van der Waals surface area contributed by atoms with Crippen LogP contribution in [-0.4, -0.2) is 25.1 Å². The van der Waals surface area contributed by atoms with Crippen molar-refractivity contribution in [1.29, 1.82) is 0 Å². The SMILES string of the molecule is COc1ccc(OC)c(C(C)NC(=O)c2nc(-c3ccco3)sc2C)c1. The second-order valence-corrected chi connectivity index (χ2v) is 6.91. The molecule has 3 aromatic rings. The predicted molar refractivity (Wildman–Crippen MR) is 100.0 cm³/mol. The Labute approximate surface area is 155 Å². The number of nitrogens with zero attached hydrogens (tertiary/aromatic N) is 1. The van der Waals surface area contributed by atoms with E-state index in [9.17, 15) is 4.79 Å². The quantitative estimate of drug-likeness (QED) is 0.701. The van der Waals surface area contributed by atoms with Crippen LogP contribution in [0.4, 0.5) is 0 Å². The van der Waals surface area contributed by atoms with Crippen molar-refractivity contribution in [3.8, 4) is 22.3 Å². The predicted octanol–water partition coefficient (Wildman–Crippen LogP) is 4.22. The molecule has 2 heterocycles. The fourth-order valence-electron chi connectivity index (χ4n) is 2.63. The molecule has 0 aliphatic heterocycles. The Hall–Kier alpha value is -2.80. The van der Waals surface area contributed by atoms with Crippen molar-refractivity contribution in [2.45, 2.75) is 19.9 Å². The fraction of sp³-hybridized carbons (Fsp3) is 0.263. The summed E-state index contributed by atoms with van der Waals surface area (Å²) in [6.45, 7) is 3.76. The van der Waals surface area contributed by atoms with E-state index in [1.165, 1.54) is 11.3 Å². The van der Waals surface area contributed by atoms with E-state index < -0.39 is 0 Å². The van der Waals surface area contributed by atoms with Gasteiger partial charge in [0.05, 0.1) is 26.5 Å². The van der Waals surface area contributed by atoms with Crippen LogP contribution in [0.25, 0.3) is 10.8 Å². The molecule has 0 fully saturated rings. The molecule has 0 radical (unpaired) electrons. The van der Waals surface area contributed by atoms with E-state index in [0.717, 1.165) is 10.4 Å². The minimum Gasteiger partial charge on any atom is -0.497 e. The summed E-state index contributed by atoms with van der Waals surface area (Å²) in [4.78, 5) is 18.0. The smallest absolute Gasteiger partial charge is 0.271 e. The number of hydrogen-bond donors (Lipinski definition) is 1. The van der Waals surface area contributed by atoms with Crippen LogP contribution in [0.5, 0.6) is 11.5 Å². The van der Waals surface area contributed by atoms with E-state index in [1.54, 1.807) is 26.5 Å². The Kier molecular flexibility index (Phi) is 5.27. The molecule has 1 atom stereocenters. The monoisotopic (exact) mass is 372 g/mol. The number of benzene rings is 1. The van der Waals surface area contributed by atoms with E-state index in [1.807, 2.05) is 38.1 Å². The van der Waals surface area contributed by atoms with Gasteiger partial charge in [-0.3, -0.25) is 4.79 Å². The molecule has 136 valence electrons. The van der Waals surface area contributed by atoms with Crippen molar-refractivity contribution in [1.82, 2.24) is 10.3 Å². The van der Waals surface area contributed by atoms with Crippen molar-refractivity contribution >= 4 is 17.2 Å². The van der Waals surface area contributed by atoms with Gasteiger partial charge in [0.1, 0.15) is 17.2 Å². The van der Waals surface area contributed by atoms with Gasteiger partial charge in [-0.15, -0.1) is 11.3 Å². The number of nitrogens with one attached hydrogen (secondary N) is 1. The number of amides is 1. The van der Waals surface area contributed by atoms with Crippen molar-refractivity contribution in [3.63, 3.8) is 0 Å². The lowest BCUT2D eigenvalue weighted by Crippen LogP contribution is -2.27. The highest BCUT2D eigenvalue weighted by molar-refractivity contribution is 7.15. The highest BCUT2D eigenvalue weighted by Crippen LogP contribution is 2.31. The lowest BCUT2D eigenvalue weighted by atomic mass is 10.1. The van der Waals surface area contributed by atoms with Crippen molar-refractivity contribution in [2.24, 2.45) is 0 Å². The van der Waals surface area contributed by atoms with Crippen molar-refractivity contribution in [3.05, 3.63) is 52.7 Å². The molecule has 3 rings (SSSR count). The van der Waals surface area contributed by atoms with Crippen LogP contribution in [-0.2, 0) is 0 Å². The van der Waals surface area contributed by atoms with E-state index in [0.29, 0.717) is 28.0 Å². The number of thiazole rings is 1. The van der Waals surface area contributed by atoms with Crippen LogP contribution in [0.15, 0.2) is 41.0 Å². The van der Waals surface area contributed by atoms with Crippen LogP contribution in [0.2, 0.25) is 0 Å². The Morgan fingerprint density at radius 1 is 1.27 bits per heavy atom. The minimum atomic E-state index is -0.277. The zero-order valence-electron chi connectivity index (χ0n) is 15.0. The van der Waals surface area contributed by atoms with E-state index in [4.69, 9.17) is 13.9 Å². The number of hydrogen-bond acceptors (Lipinski definition) is 6. The summed E-state index contributed by atoms with van der Waals surface area (Å²) in [6.07, 6.45) is 1.59. The maximum atomic E-state index is 12.7. The first kappa shape index (κ1) is 18.0. The van der Waals surface area contributed by atoms with Crippen molar-refractivity contribution in [2.75, 3.05) is 14.2 Å². The summed E-state index contributed by atoms with van der Waals surface area (Å²) in [7, 11) is 3.20. The molecule has 26 heavy (non-hydrogen) atoms. The summed E-state index contributed by atoms with van der Waals surface area (Å²) >= 11 is 1.43. The molecule has 6 nitrogen and oxygen atoms in total. The molecule has 0 bridgehead atoms. The molecule has 1 unspecified atom stereocenters. The lowest BCUT2D eigenvalue weighted by molar-refractivity contribution is 0.0934. The summed E-state index contributed by atoms with van der Waals surface area (Å²) in [5.41, 5.74) is 1.23. The van der Waals surface area contributed by atoms with Gasteiger partial charge in [-0.25, -0.2) is 4.98 Å². The molecule has 1 amide bonds. The second-order valence-electron chi connectivity index (χ2n) is 5.70. The van der Waals surface area contributed by atoms with Gasteiger partial charge in [0.2, 0.25) is 0 Å². The first-order valence-corrected chi connectivity index (χ1v) is 8.89. The van der Waals surface area contributed by atoms with Crippen LogP contribution in [0.1, 0.15) is 33.9 Å². The van der Waals surface area contributed by atoms with Gasteiger partial charge in [-0.05, 0) is 44.2 Å². The van der Waals surface area contributed by atoms with Gasteiger partial charge in [0, 0.05) is 10.4 Å². The third-order valence-electron chi connectivity index (χ3n) is 3.99. The zero-order chi connectivity index (χ0) is 18.7. The highest BCUT2D eigenvalue weighted by Gasteiger charge is 2.21. The molecule has 7 heteroatoms. The summed E-state index contributed by atoms with van der Waals surface area (Å²) in [6, 6.07) is 8.83. The number of aromatic nitrogens is 1. The molecule has 1 N–H and O–H groups in total. The maximum absolute atomic E-state index is 12.7. The van der Waals surface area contributed by atoms with Crippen LogP contribution in [0, 0.1) is 6.92 Å². The summed E-state index contributed by atoms with van der Waals surface area (Å²) in [5.74, 6) is 1.80. The number of aryl methyl sites for hydroxylation is 1. The van der Waals surface area contributed by atoms with Gasteiger partial charge in [-0.1, -0.05) is 0 Å². The van der Waals surface area contributed by atoms with Gasteiger partial charge in [0.25, 0.3) is 5.91 Å². The van der Waals surface area contributed by atoms with Gasteiger partial charge in [0.15, 0.2) is 10.8 Å². The number of carbonyl (C=O) groups is 1. The molecular weight excluding hydrogens is 352 g/mol. The third kappa shape index (κ3) is 3.57. The zero-order valence-corrected chi connectivity index (χ0v) is 15.8. The summed E-state index contributed by atoms with van der Waals surface area (Å²) < 4.78 is 16.0. The second kappa shape index (κ2) is 7.61. The van der Waals surface area contributed by atoms with Crippen LogP contribution in [0.3, 0.4) is 0 Å². The third-order valence-corrected chi connectivity index (χ3v) is 4.98.